The average molecular weight is 383 g/mol. The molecule has 0 saturated carbocycles. The van der Waals surface area contributed by atoms with Crippen molar-refractivity contribution in [1.29, 1.82) is 0 Å². The van der Waals surface area contributed by atoms with Crippen LogP contribution in [0.5, 0.6) is 0 Å². The molecule has 1 amide bonds. The standard InChI is InChI=1S/C15H21N5O3S2/c1-16-14(21)13-11(12-15(24-13)18-7-6-17-12)10-4-8-20(9-5-10)25(22,23)19(2)3/h6-7,10H,4-5,8-9H2,1-3H3,(H,16,21). The largest absolute Gasteiger partial charge is 0.354 e. The molecule has 1 aliphatic heterocycles. The van der Waals surface area contributed by atoms with E-state index in [4.69, 9.17) is 0 Å². The molecule has 10 heteroatoms. The molecule has 0 radical (unpaired) electrons. The summed E-state index contributed by atoms with van der Waals surface area (Å²) in [7, 11) is 1.27. The summed E-state index contributed by atoms with van der Waals surface area (Å²) >= 11 is 1.34. The van der Waals surface area contributed by atoms with Crippen LogP contribution in [0.25, 0.3) is 10.3 Å². The SMILES string of the molecule is CNC(=O)c1sc2nccnc2c1C1CCN(S(=O)(=O)N(C)C)CC1. The van der Waals surface area contributed by atoms with Crippen molar-refractivity contribution in [2.45, 2.75) is 18.8 Å². The lowest BCUT2D eigenvalue weighted by Crippen LogP contribution is -2.44. The third-order valence-electron chi connectivity index (χ3n) is 4.45. The minimum Gasteiger partial charge on any atom is -0.354 e. The maximum absolute atomic E-state index is 12.3. The van der Waals surface area contributed by atoms with Crippen molar-refractivity contribution in [3.8, 4) is 0 Å². The van der Waals surface area contributed by atoms with Crippen molar-refractivity contribution in [2.75, 3.05) is 34.2 Å². The molecule has 25 heavy (non-hydrogen) atoms. The first kappa shape index (κ1) is 18.2. The first-order valence-corrected chi connectivity index (χ1v) is 10.2. The van der Waals surface area contributed by atoms with E-state index >= 15 is 0 Å². The molecule has 3 rings (SSSR count). The summed E-state index contributed by atoms with van der Waals surface area (Å²) < 4.78 is 27.3. The first-order chi connectivity index (χ1) is 11.9. The van der Waals surface area contributed by atoms with Gasteiger partial charge in [-0.05, 0) is 18.8 Å². The molecule has 136 valence electrons. The second-order valence-corrected chi connectivity index (χ2v) is 9.24. The van der Waals surface area contributed by atoms with Gasteiger partial charge in [0.15, 0.2) is 0 Å². The number of rotatable bonds is 4. The van der Waals surface area contributed by atoms with E-state index < -0.39 is 10.2 Å². The lowest BCUT2D eigenvalue weighted by molar-refractivity contribution is 0.0965. The van der Waals surface area contributed by atoms with Crippen LogP contribution in [0.3, 0.4) is 0 Å². The quantitative estimate of drug-likeness (QED) is 0.851. The van der Waals surface area contributed by atoms with Gasteiger partial charge in [0.05, 0.1) is 4.88 Å². The van der Waals surface area contributed by atoms with Crippen LogP contribution in [0.2, 0.25) is 0 Å². The normalized spacial score (nSPS) is 17.3. The number of aromatic nitrogens is 2. The molecule has 1 N–H and O–H groups in total. The monoisotopic (exact) mass is 383 g/mol. The number of carbonyl (C=O) groups excluding carboxylic acids is 1. The van der Waals surface area contributed by atoms with Gasteiger partial charge in [-0.15, -0.1) is 11.3 Å². The van der Waals surface area contributed by atoms with Gasteiger partial charge in [-0.3, -0.25) is 9.78 Å². The molecule has 8 nitrogen and oxygen atoms in total. The third-order valence-corrected chi connectivity index (χ3v) is 7.49. The average Bonchev–Trinajstić information content (AvgIpc) is 3.00. The van der Waals surface area contributed by atoms with Crippen LogP contribution >= 0.6 is 11.3 Å². The van der Waals surface area contributed by atoms with Crippen molar-refractivity contribution in [1.82, 2.24) is 23.9 Å². The zero-order valence-electron chi connectivity index (χ0n) is 14.4. The van der Waals surface area contributed by atoms with E-state index in [1.807, 2.05) is 0 Å². The highest BCUT2D eigenvalue weighted by Crippen LogP contribution is 2.39. The van der Waals surface area contributed by atoms with E-state index in [9.17, 15) is 13.2 Å². The Balaban J connectivity index is 1.92. The van der Waals surface area contributed by atoms with E-state index in [0.29, 0.717) is 30.8 Å². The Bertz CT molecular complexity index is 886. The molecule has 1 fully saturated rings. The maximum Gasteiger partial charge on any atom is 0.281 e. The molecule has 0 bridgehead atoms. The molecular weight excluding hydrogens is 362 g/mol. The summed E-state index contributed by atoms with van der Waals surface area (Å²) in [5.41, 5.74) is 1.65. The second-order valence-electron chi connectivity index (χ2n) is 6.10. The van der Waals surface area contributed by atoms with Crippen molar-refractivity contribution in [3.05, 3.63) is 22.8 Å². The van der Waals surface area contributed by atoms with Crippen LogP contribution in [-0.2, 0) is 10.2 Å². The van der Waals surface area contributed by atoms with Crippen molar-refractivity contribution in [2.24, 2.45) is 0 Å². The van der Waals surface area contributed by atoms with Gasteiger partial charge in [0.1, 0.15) is 10.3 Å². The fourth-order valence-electron chi connectivity index (χ4n) is 3.11. The van der Waals surface area contributed by atoms with Crippen LogP contribution in [0.1, 0.15) is 34.0 Å². The molecule has 2 aromatic heterocycles. The van der Waals surface area contributed by atoms with Crippen LogP contribution in [0.4, 0.5) is 0 Å². The van der Waals surface area contributed by atoms with E-state index in [2.05, 4.69) is 15.3 Å². The van der Waals surface area contributed by atoms with Gasteiger partial charge < -0.3 is 5.32 Å². The summed E-state index contributed by atoms with van der Waals surface area (Å²) in [4.78, 5) is 22.4. The summed E-state index contributed by atoms with van der Waals surface area (Å²) in [6, 6.07) is 0. The molecule has 1 saturated heterocycles. The van der Waals surface area contributed by atoms with Gasteiger partial charge >= 0.3 is 0 Å². The van der Waals surface area contributed by atoms with Gasteiger partial charge in [0.2, 0.25) is 0 Å². The predicted octanol–water partition coefficient (Wildman–Crippen LogP) is 1.04. The van der Waals surface area contributed by atoms with Gasteiger partial charge in [0.25, 0.3) is 16.1 Å². The minimum absolute atomic E-state index is 0.0892. The molecule has 0 aromatic carbocycles. The third kappa shape index (κ3) is 3.26. The fourth-order valence-corrected chi connectivity index (χ4v) is 5.38. The highest BCUT2D eigenvalue weighted by molar-refractivity contribution is 7.86. The van der Waals surface area contributed by atoms with Crippen LogP contribution in [0, 0.1) is 0 Å². The van der Waals surface area contributed by atoms with E-state index in [0.717, 1.165) is 15.9 Å². The van der Waals surface area contributed by atoms with E-state index in [1.54, 1.807) is 19.4 Å². The number of amides is 1. The lowest BCUT2D eigenvalue weighted by atomic mass is 9.89. The zero-order chi connectivity index (χ0) is 18.2. The Hall–Kier alpha value is -1.62. The number of carbonyl (C=O) groups is 1. The summed E-state index contributed by atoms with van der Waals surface area (Å²) in [6.45, 7) is 0.853. The molecule has 2 aromatic rings. The fraction of sp³-hybridized carbons (Fsp3) is 0.533. The highest BCUT2D eigenvalue weighted by atomic mass is 32.2. The Morgan fingerprint density at radius 1 is 1.28 bits per heavy atom. The van der Waals surface area contributed by atoms with Crippen molar-refractivity contribution >= 4 is 37.8 Å². The first-order valence-electron chi connectivity index (χ1n) is 7.99. The molecule has 0 spiro atoms. The van der Waals surface area contributed by atoms with Gasteiger partial charge in [-0.2, -0.15) is 17.0 Å². The van der Waals surface area contributed by atoms with Gasteiger partial charge in [-0.25, -0.2) is 4.98 Å². The van der Waals surface area contributed by atoms with Crippen LogP contribution in [-0.4, -0.2) is 67.1 Å². The smallest absolute Gasteiger partial charge is 0.281 e. The zero-order valence-corrected chi connectivity index (χ0v) is 16.0. The Morgan fingerprint density at radius 2 is 1.92 bits per heavy atom. The molecule has 0 aliphatic carbocycles. The number of hydrogen-bond acceptors (Lipinski definition) is 6. The molecule has 1 aliphatic rings. The number of thiophene rings is 1. The van der Waals surface area contributed by atoms with Gasteiger partial charge in [-0.1, -0.05) is 0 Å². The minimum atomic E-state index is -3.40. The van der Waals surface area contributed by atoms with Crippen molar-refractivity contribution < 1.29 is 13.2 Å². The second kappa shape index (κ2) is 6.94. The molecule has 0 unspecified atom stereocenters. The molecular formula is C15H21N5O3S2. The number of fused-ring (bicyclic) bond motifs is 1. The van der Waals surface area contributed by atoms with Crippen LogP contribution in [0.15, 0.2) is 12.4 Å². The molecule has 3 heterocycles. The van der Waals surface area contributed by atoms with Gasteiger partial charge in [0, 0.05) is 52.2 Å². The Morgan fingerprint density at radius 3 is 2.52 bits per heavy atom. The number of piperidine rings is 1. The lowest BCUT2D eigenvalue weighted by Gasteiger charge is -2.32. The Labute approximate surface area is 151 Å². The highest BCUT2D eigenvalue weighted by Gasteiger charge is 2.33. The van der Waals surface area contributed by atoms with E-state index in [1.165, 1.54) is 34.0 Å². The summed E-state index contributed by atoms with van der Waals surface area (Å²) in [5, 5.41) is 2.67. The topological polar surface area (TPSA) is 95.5 Å². The number of nitrogens with zero attached hydrogens (tertiary/aromatic N) is 4. The number of nitrogens with one attached hydrogen (secondary N) is 1. The van der Waals surface area contributed by atoms with E-state index in [-0.39, 0.29) is 11.8 Å². The Kier molecular flexibility index (Phi) is 5.05. The maximum atomic E-state index is 12.3. The predicted molar refractivity (Wildman–Crippen MR) is 97.0 cm³/mol. The number of hydrogen-bond donors (Lipinski definition) is 1. The molecule has 0 atom stereocenters. The summed E-state index contributed by atoms with van der Waals surface area (Å²) in [5.74, 6) is -0.0606. The van der Waals surface area contributed by atoms with Crippen LogP contribution < -0.4 is 5.32 Å². The summed E-state index contributed by atoms with van der Waals surface area (Å²) in [6.07, 6.45) is 4.54. The van der Waals surface area contributed by atoms with Crippen molar-refractivity contribution in [3.63, 3.8) is 0 Å².